The zero-order chi connectivity index (χ0) is 33.0. The first-order valence-corrected chi connectivity index (χ1v) is 15.9. The van der Waals surface area contributed by atoms with Crippen molar-refractivity contribution in [2.45, 2.75) is 77.8 Å². The molecule has 2 aromatic carbocycles. The number of hydrogen-bond acceptors (Lipinski definition) is 9. The van der Waals surface area contributed by atoms with Gasteiger partial charge in [-0.15, -0.1) is 11.3 Å². The van der Waals surface area contributed by atoms with Crippen molar-refractivity contribution in [1.29, 1.82) is 0 Å². The Morgan fingerprint density at radius 3 is 2.27 bits per heavy atom. The number of aliphatic hydroxyl groups excluding tert-OH is 1. The minimum atomic E-state index is -1.13. The van der Waals surface area contributed by atoms with Gasteiger partial charge >= 0.3 is 12.2 Å². The van der Waals surface area contributed by atoms with E-state index in [4.69, 9.17) is 9.47 Å². The van der Waals surface area contributed by atoms with Crippen LogP contribution in [0.2, 0.25) is 0 Å². The van der Waals surface area contributed by atoms with Gasteiger partial charge in [0.25, 0.3) is 0 Å². The third kappa shape index (κ3) is 11.8. The Balaban J connectivity index is 1.85. The van der Waals surface area contributed by atoms with Crippen LogP contribution in [-0.4, -0.2) is 70.6 Å². The van der Waals surface area contributed by atoms with E-state index in [9.17, 15) is 19.5 Å². The van der Waals surface area contributed by atoms with Gasteiger partial charge in [-0.3, -0.25) is 15.2 Å². The molecule has 4 N–H and O–H groups in total. The number of hydrogen-bond donors (Lipinski definition) is 4. The predicted octanol–water partition coefficient (Wildman–Crippen LogP) is 4.91. The molecule has 0 aliphatic carbocycles. The van der Waals surface area contributed by atoms with Gasteiger partial charge in [-0.2, -0.15) is 0 Å². The van der Waals surface area contributed by atoms with Crippen LogP contribution in [0.15, 0.2) is 66.3 Å². The van der Waals surface area contributed by atoms with E-state index in [0.717, 1.165) is 21.6 Å². The molecule has 4 atom stereocenters. The van der Waals surface area contributed by atoms with E-state index in [1.54, 1.807) is 48.8 Å². The lowest BCUT2D eigenvalue weighted by atomic mass is 9.96. The number of aromatic nitrogens is 1. The average molecular weight is 640 g/mol. The van der Waals surface area contributed by atoms with Crippen molar-refractivity contribution >= 4 is 29.4 Å². The molecule has 1 heterocycles. The van der Waals surface area contributed by atoms with Crippen molar-refractivity contribution in [3.8, 4) is 10.4 Å². The highest BCUT2D eigenvalue weighted by Gasteiger charge is 2.31. The number of alkyl carbamates (subject to hydrolysis) is 1. The standard InChI is InChI=1S/C33H45N5O6S/c1-7-22(2)29(36-31(41)43-6)30(40)35-26(17-23-11-9-8-10-12-23)27(39)20-38(37-32(42)44-33(3,4)5)19-24-13-15-25(16-14-24)28-18-34-21-45-28/h8-16,18,21-22,26-27,29,39H,7,17,19-20H2,1-6H3,(H,35,40)(H,36,41)(H,37,42)/t22-,26?,27?,29-/m0/s1. The molecular formula is C33H45N5O6S. The van der Waals surface area contributed by atoms with Crippen LogP contribution in [0.5, 0.6) is 0 Å². The minimum absolute atomic E-state index is 0.0357. The number of rotatable bonds is 14. The molecule has 0 bridgehead atoms. The van der Waals surface area contributed by atoms with E-state index in [-0.39, 0.29) is 19.0 Å². The number of methoxy groups -OCH3 is 1. The Bertz CT molecular complexity index is 1350. The second kappa shape index (κ2) is 16.9. The summed E-state index contributed by atoms with van der Waals surface area (Å²) in [7, 11) is 1.24. The van der Waals surface area contributed by atoms with E-state index < -0.39 is 41.9 Å². The van der Waals surface area contributed by atoms with Crippen LogP contribution in [-0.2, 0) is 27.2 Å². The summed E-state index contributed by atoms with van der Waals surface area (Å²) in [6.07, 6.45) is 0.228. The SMILES string of the molecule is CC[C@H](C)[C@H](NC(=O)OC)C(=O)NC(Cc1ccccc1)C(O)CN(Cc1ccc(-c2cncs2)cc1)NC(=O)OC(C)(C)C. The van der Waals surface area contributed by atoms with Crippen molar-refractivity contribution in [3.05, 3.63) is 77.4 Å². The molecule has 0 saturated heterocycles. The lowest BCUT2D eigenvalue weighted by Gasteiger charge is -2.32. The van der Waals surface area contributed by atoms with Gasteiger partial charge in [0.05, 0.1) is 29.6 Å². The highest BCUT2D eigenvalue weighted by Crippen LogP contribution is 2.24. The van der Waals surface area contributed by atoms with Crippen molar-refractivity contribution in [3.63, 3.8) is 0 Å². The zero-order valence-corrected chi connectivity index (χ0v) is 27.6. The zero-order valence-electron chi connectivity index (χ0n) is 26.8. The maximum atomic E-state index is 13.5. The molecule has 3 aromatic rings. The second-order valence-corrected chi connectivity index (χ2v) is 12.8. The molecule has 0 aliphatic rings. The third-order valence-corrected chi connectivity index (χ3v) is 7.97. The molecule has 0 aliphatic heterocycles. The number of carbonyl (C=O) groups excluding carboxylic acids is 3. The molecule has 2 unspecified atom stereocenters. The number of aliphatic hydroxyl groups is 1. The molecule has 0 radical (unpaired) electrons. The first-order valence-electron chi connectivity index (χ1n) is 15.0. The monoisotopic (exact) mass is 639 g/mol. The van der Waals surface area contributed by atoms with Crippen LogP contribution in [0.25, 0.3) is 10.4 Å². The molecule has 11 nitrogen and oxygen atoms in total. The number of amides is 3. The molecule has 244 valence electrons. The van der Waals surface area contributed by atoms with Crippen molar-refractivity contribution in [2.75, 3.05) is 13.7 Å². The molecular weight excluding hydrogens is 594 g/mol. The van der Waals surface area contributed by atoms with Gasteiger partial charge in [0.1, 0.15) is 11.6 Å². The maximum absolute atomic E-state index is 13.5. The van der Waals surface area contributed by atoms with Gasteiger partial charge in [0.2, 0.25) is 5.91 Å². The van der Waals surface area contributed by atoms with Gasteiger partial charge in [-0.25, -0.2) is 14.6 Å². The Hall–Kier alpha value is -4.00. The Morgan fingerprint density at radius 1 is 1.00 bits per heavy atom. The van der Waals surface area contributed by atoms with Gasteiger partial charge < -0.3 is 25.2 Å². The first kappa shape index (κ1) is 35.5. The van der Waals surface area contributed by atoms with E-state index in [2.05, 4.69) is 21.0 Å². The summed E-state index contributed by atoms with van der Waals surface area (Å²) in [5, 5.41) is 18.8. The molecule has 0 spiro atoms. The quantitative estimate of drug-likeness (QED) is 0.182. The van der Waals surface area contributed by atoms with Crippen molar-refractivity contribution < 1.29 is 29.0 Å². The number of hydrazine groups is 1. The largest absolute Gasteiger partial charge is 0.453 e. The smallest absolute Gasteiger partial charge is 0.422 e. The van der Waals surface area contributed by atoms with Gasteiger partial charge in [0.15, 0.2) is 0 Å². The predicted molar refractivity (Wildman–Crippen MR) is 174 cm³/mol. The van der Waals surface area contributed by atoms with Crippen LogP contribution in [0.3, 0.4) is 0 Å². The fourth-order valence-electron chi connectivity index (χ4n) is 4.60. The summed E-state index contributed by atoms with van der Waals surface area (Å²) in [4.78, 5) is 43.6. The molecule has 1 aromatic heterocycles. The molecule has 45 heavy (non-hydrogen) atoms. The summed E-state index contributed by atoms with van der Waals surface area (Å²) in [6, 6.07) is 15.7. The second-order valence-electron chi connectivity index (χ2n) is 11.9. The van der Waals surface area contributed by atoms with Crippen LogP contribution in [0.1, 0.15) is 52.2 Å². The third-order valence-electron chi connectivity index (χ3n) is 7.14. The highest BCUT2D eigenvalue weighted by atomic mass is 32.1. The van der Waals surface area contributed by atoms with Crippen LogP contribution in [0.4, 0.5) is 9.59 Å². The van der Waals surface area contributed by atoms with Crippen molar-refractivity contribution in [2.24, 2.45) is 5.92 Å². The topological polar surface area (TPSA) is 142 Å². The average Bonchev–Trinajstić information content (AvgIpc) is 3.54. The Kier molecular flexibility index (Phi) is 13.3. The molecule has 12 heteroatoms. The van der Waals surface area contributed by atoms with Crippen LogP contribution in [0, 0.1) is 5.92 Å². The number of thiazole rings is 1. The molecule has 3 amide bonds. The summed E-state index contributed by atoms with van der Waals surface area (Å²) in [5.74, 6) is -0.642. The molecule has 0 fully saturated rings. The Morgan fingerprint density at radius 2 is 1.69 bits per heavy atom. The van der Waals surface area contributed by atoms with Crippen LogP contribution < -0.4 is 16.1 Å². The van der Waals surface area contributed by atoms with E-state index >= 15 is 0 Å². The lowest BCUT2D eigenvalue weighted by Crippen LogP contribution is -2.57. The fraction of sp³-hybridized carbons (Fsp3) is 0.455. The number of carbonyl (C=O) groups is 3. The maximum Gasteiger partial charge on any atom is 0.422 e. The van der Waals surface area contributed by atoms with Gasteiger partial charge in [-0.1, -0.05) is 74.9 Å². The fourth-order valence-corrected chi connectivity index (χ4v) is 5.23. The summed E-state index contributed by atoms with van der Waals surface area (Å²) in [5.41, 5.74) is 6.62. The Labute approximate surface area is 269 Å². The number of nitrogens with one attached hydrogen (secondary N) is 3. The summed E-state index contributed by atoms with van der Waals surface area (Å²) >= 11 is 1.54. The number of nitrogens with zero attached hydrogens (tertiary/aromatic N) is 2. The van der Waals surface area contributed by atoms with Crippen molar-refractivity contribution in [1.82, 2.24) is 26.1 Å². The first-order chi connectivity index (χ1) is 21.4. The summed E-state index contributed by atoms with van der Waals surface area (Å²) in [6.45, 7) is 9.30. The highest BCUT2D eigenvalue weighted by molar-refractivity contribution is 7.13. The normalized spacial score (nSPS) is 14.1. The van der Waals surface area contributed by atoms with E-state index in [0.29, 0.717) is 12.8 Å². The van der Waals surface area contributed by atoms with E-state index in [1.807, 2.05) is 68.4 Å². The van der Waals surface area contributed by atoms with Gasteiger partial charge in [0, 0.05) is 19.3 Å². The molecule has 0 saturated carbocycles. The lowest BCUT2D eigenvalue weighted by molar-refractivity contribution is -0.126. The minimum Gasteiger partial charge on any atom is -0.453 e. The van der Waals surface area contributed by atoms with Gasteiger partial charge in [-0.05, 0) is 49.8 Å². The summed E-state index contributed by atoms with van der Waals surface area (Å²) < 4.78 is 10.2. The van der Waals surface area contributed by atoms with E-state index in [1.165, 1.54) is 7.11 Å². The number of benzene rings is 2. The number of ether oxygens (including phenoxy) is 2. The van der Waals surface area contributed by atoms with Crippen LogP contribution >= 0.6 is 11.3 Å². The molecule has 3 rings (SSSR count).